The summed E-state index contributed by atoms with van der Waals surface area (Å²) in [5, 5.41) is 6.04. The molecule has 1 aromatic heterocycles. The molecule has 2 heterocycles. The number of imide groups is 1. The third kappa shape index (κ3) is 2.64. The lowest BCUT2D eigenvalue weighted by Gasteiger charge is -2.21. The van der Waals surface area contributed by atoms with Crippen molar-refractivity contribution in [1.29, 1.82) is 0 Å². The minimum atomic E-state index is -0.698. The Hall–Kier alpha value is -1.92. The number of benzene rings is 1. The molecule has 0 saturated carbocycles. The van der Waals surface area contributed by atoms with Crippen molar-refractivity contribution in [3.63, 3.8) is 0 Å². The summed E-state index contributed by atoms with van der Waals surface area (Å²) in [6, 6.07) is 6.75. The van der Waals surface area contributed by atoms with Crippen LogP contribution in [0.2, 0.25) is 5.02 Å². The van der Waals surface area contributed by atoms with Crippen molar-refractivity contribution in [3.05, 3.63) is 34.2 Å². The molecule has 1 fully saturated rings. The number of piperidine rings is 1. The predicted molar refractivity (Wildman–Crippen MR) is 80.5 cm³/mol. The van der Waals surface area contributed by atoms with Gasteiger partial charge in [-0.3, -0.25) is 19.7 Å². The summed E-state index contributed by atoms with van der Waals surface area (Å²) in [6.07, 6.45) is 0.524. The Kier molecular flexibility index (Phi) is 3.65. The van der Waals surface area contributed by atoms with Crippen LogP contribution in [0.1, 0.15) is 22.5 Å². The summed E-state index contributed by atoms with van der Waals surface area (Å²) in [5.74, 6) is -1.18. The van der Waals surface area contributed by atoms with Gasteiger partial charge in [-0.15, -0.1) is 11.3 Å². The molecular weight excluding hydrogens is 312 g/mol. The van der Waals surface area contributed by atoms with E-state index in [1.54, 1.807) is 0 Å². The SMILES string of the molecule is O=C1CCC(NC(=O)c2sc3ccccc3c2Cl)C(=O)N1. The third-order valence-corrected chi connectivity index (χ3v) is 4.96. The van der Waals surface area contributed by atoms with Gasteiger partial charge in [-0.25, -0.2) is 0 Å². The highest BCUT2D eigenvalue weighted by molar-refractivity contribution is 7.21. The number of nitrogens with one attached hydrogen (secondary N) is 2. The quantitative estimate of drug-likeness (QED) is 0.831. The van der Waals surface area contributed by atoms with Gasteiger partial charge in [-0.05, 0) is 12.5 Å². The molecule has 7 heteroatoms. The molecule has 108 valence electrons. The molecule has 5 nitrogen and oxygen atoms in total. The van der Waals surface area contributed by atoms with E-state index in [9.17, 15) is 14.4 Å². The maximum Gasteiger partial charge on any atom is 0.263 e. The molecule has 1 aliphatic rings. The number of carbonyl (C=O) groups is 3. The van der Waals surface area contributed by atoms with Crippen molar-refractivity contribution in [2.45, 2.75) is 18.9 Å². The Labute approximate surface area is 129 Å². The molecule has 1 aromatic carbocycles. The highest BCUT2D eigenvalue weighted by Crippen LogP contribution is 2.35. The van der Waals surface area contributed by atoms with Gasteiger partial charge in [0.15, 0.2) is 0 Å². The van der Waals surface area contributed by atoms with Gasteiger partial charge < -0.3 is 5.32 Å². The maximum atomic E-state index is 12.3. The topological polar surface area (TPSA) is 75.3 Å². The Bertz CT molecular complexity index is 756. The second-order valence-electron chi connectivity index (χ2n) is 4.72. The number of rotatable bonds is 2. The van der Waals surface area contributed by atoms with Crippen LogP contribution in [-0.4, -0.2) is 23.8 Å². The number of hydrogen-bond acceptors (Lipinski definition) is 4. The van der Waals surface area contributed by atoms with Gasteiger partial charge in [0.25, 0.3) is 5.91 Å². The fourth-order valence-electron chi connectivity index (χ4n) is 2.22. The first-order valence-corrected chi connectivity index (χ1v) is 7.57. The van der Waals surface area contributed by atoms with Crippen LogP contribution in [0.3, 0.4) is 0 Å². The second-order valence-corrected chi connectivity index (χ2v) is 6.15. The van der Waals surface area contributed by atoms with Crippen LogP contribution in [0.4, 0.5) is 0 Å². The summed E-state index contributed by atoms with van der Waals surface area (Å²) in [6.45, 7) is 0. The molecule has 0 spiro atoms. The summed E-state index contributed by atoms with van der Waals surface area (Å²) < 4.78 is 0.913. The molecule has 1 saturated heterocycles. The third-order valence-electron chi connectivity index (χ3n) is 3.29. The van der Waals surface area contributed by atoms with Gasteiger partial charge in [0.05, 0.1) is 5.02 Å². The highest BCUT2D eigenvalue weighted by atomic mass is 35.5. The molecular formula is C14H11ClN2O3S. The zero-order valence-corrected chi connectivity index (χ0v) is 12.4. The molecule has 21 heavy (non-hydrogen) atoms. The van der Waals surface area contributed by atoms with Gasteiger partial charge in [0.2, 0.25) is 11.8 Å². The van der Waals surface area contributed by atoms with Gasteiger partial charge in [0, 0.05) is 16.5 Å². The van der Waals surface area contributed by atoms with E-state index >= 15 is 0 Å². The number of hydrogen-bond donors (Lipinski definition) is 2. The van der Waals surface area contributed by atoms with Crippen LogP contribution in [0, 0.1) is 0 Å². The van der Waals surface area contributed by atoms with Crippen LogP contribution in [0.25, 0.3) is 10.1 Å². The van der Waals surface area contributed by atoms with E-state index in [1.807, 2.05) is 24.3 Å². The van der Waals surface area contributed by atoms with Crippen molar-refractivity contribution in [2.24, 2.45) is 0 Å². The minimum Gasteiger partial charge on any atom is -0.339 e. The molecule has 2 aromatic rings. The molecule has 0 aliphatic carbocycles. The first-order chi connectivity index (χ1) is 10.1. The van der Waals surface area contributed by atoms with Crippen molar-refractivity contribution in [2.75, 3.05) is 0 Å². The van der Waals surface area contributed by atoms with E-state index < -0.39 is 17.9 Å². The van der Waals surface area contributed by atoms with Gasteiger partial charge in [0.1, 0.15) is 10.9 Å². The summed E-state index contributed by atoms with van der Waals surface area (Å²) in [4.78, 5) is 35.4. The minimum absolute atomic E-state index is 0.219. The standard InChI is InChI=1S/C14H11ClN2O3S/c15-11-7-3-1-2-4-9(7)21-12(11)14(20)16-8-5-6-10(18)17-13(8)19/h1-4,8H,5-6H2,(H,16,20)(H,17,18,19). The van der Waals surface area contributed by atoms with Crippen LogP contribution in [0.5, 0.6) is 0 Å². The predicted octanol–water partition coefficient (Wildman–Crippen LogP) is 2.09. The largest absolute Gasteiger partial charge is 0.339 e. The van der Waals surface area contributed by atoms with E-state index in [2.05, 4.69) is 10.6 Å². The average molecular weight is 323 g/mol. The maximum absolute atomic E-state index is 12.3. The average Bonchev–Trinajstić information content (AvgIpc) is 2.80. The highest BCUT2D eigenvalue weighted by Gasteiger charge is 2.29. The smallest absolute Gasteiger partial charge is 0.263 e. The van der Waals surface area contributed by atoms with Crippen molar-refractivity contribution in [3.8, 4) is 0 Å². The summed E-state index contributed by atoms with van der Waals surface area (Å²) >= 11 is 7.50. The molecule has 1 aliphatic heterocycles. The van der Waals surface area contributed by atoms with E-state index in [0.717, 1.165) is 10.1 Å². The van der Waals surface area contributed by atoms with Crippen molar-refractivity contribution < 1.29 is 14.4 Å². The molecule has 0 bridgehead atoms. The van der Waals surface area contributed by atoms with Gasteiger partial charge in [-0.2, -0.15) is 0 Å². The van der Waals surface area contributed by atoms with E-state index in [1.165, 1.54) is 11.3 Å². The van der Waals surface area contributed by atoms with Crippen LogP contribution < -0.4 is 10.6 Å². The van der Waals surface area contributed by atoms with Crippen LogP contribution >= 0.6 is 22.9 Å². The van der Waals surface area contributed by atoms with Crippen LogP contribution in [-0.2, 0) is 9.59 Å². The number of amides is 3. The van der Waals surface area contributed by atoms with E-state index in [4.69, 9.17) is 11.6 Å². The molecule has 1 unspecified atom stereocenters. The van der Waals surface area contributed by atoms with Crippen molar-refractivity contribution >= 4 is 50.7 Å². The van der Waals surface area contributed by atoms with Crippen LogP contribution in [0.15, 0.2) is 24.3 Å². The van der Waals surface area contributed by atoms with E-state index in [-0.39, 0.29) is 12.3 Å². The number of carbonyl (C=O) groups excluding carboxylic acids is 3. The summed E-state index contributed by atoms with van der Waals surface area (Å²) in [7, 11) is 0. The molecule has 1 atom stereocenters. The lowest BCUT2D eigenvalue weighted by atomic mass is 10.1. The number of fused-ring (bicyclic) bond motifs is 1. The lowest BCUT2D eigenvalue weighted by molar-refractivity contribution is -0.134. The Morgan fingerprint density at radius 3 is 2.81 bits per heavy atom. The van der Waals surface area contributed by atoms with Gasteiger partial charge >= 0.3 is 0 Å². The Morgan fingerprint density at radius 2 is 2.10 bits per heavy atom. The normalized spacial score (nSPS) is 18.6. The fourth-order valence-corrected chi connectivity index (χ4v) is 3.64. The molecule has 2 N–H and O–H groups in total. The first-order valence-electron chi connectivity index (χ1n) is 6.38. The van der Waals surface area contributed by atoms with Gasteiger partial charge in [-0.1, -0.05) is 29.8 Å². The summed E-state index contributed by atoms with van der Waals surface area (Å²) in [5.41, 5.74) is 0. The van der Waals surface area contributed by atoms with E-state index in [0.29, 0.717) is 16.3 Å². The monoisotopic (exact) mass is 322 g/mol. The zero-order chi connectivity index (χ0) is 15.0. The Balaban J connectivity index is 1.82. The zero-order valence-electron chi connectivity index (χ0n) is 10.8. The first kappa shape index (κ1) is 14.0. The fraction of sp³-hybridized carbons (Fsp3) is 0.214. The Morgan fingerprint density at radius 1 is 1.33 bits per heavy atom. The molecule has 0 radical (unpaired) electrons. The van der Waals surface area contributed by atoms with Crippen molar-refractivity contribution in [1.82, 2.24) is 10.6 Å². The lowest BCUT2D eigenvalue weighted by Crippen LogP contribution is -2.52. The molecule has 3 rings (SSSR count). The number of thiophene rings is 1. The number of halogens is 1. The molecule has 3 amide bonds. The second kappa shape index (κ2) is 5.46.